The molecule has 0 saturated heterocycles. The van der Waals surface area contributed by atoms with Gasteiger partial charge >= 0.3 is 11.9 Å². The van der Waals surface area contributed by atoms with Gasteiger partial charge in [0, 0.05) is 0 Å². The zero-order chi connectivity index (χ0) is 17.4. The van der Waals surface area contributed by atoms with Crippen LogP contribution in [0.15, 0.2) is 48.5 Å². The summed E-state index contributed by atoms with van der Waals surface area (Å²) in [4.78, 5) is 23.6. The van der Waals surface area contributed by atoms with Gasteiger partial charge in [-0.3, -0.25) is 0 Å². The lowest BCUT2D eigenvalue weighted by atomic mass is 10.0. The Hall–Kier alpha value is -2.82. The van der Waals surface area contributed by atoms with E-state index in [1.807, 2.05) is 36.4 Å². The Morgan fingerprint density at radius 2 is 1.58 bits per heavy atom. The highest BCUT2D eigenvalue weighted by Crippen LogP contribution is 2.27. The van der Waals surface area contributed by atoms with Crippen LogP contribution in [0.5, 0.6) is 5.75 Å². The van der Waals surface area contributed by atoms with Crippen molar-refractivity contribution in [3.8, 4) is 16.9 Å². The lowest BCUT2D eigenvalue weighted by Crippen LogP contribution is -2.16. The molecular weight excluding hydrogens is 308 g/mol. The second-order valence-electron chi connectivity index (χ2n) is 4.89. The number of benzene rings is 2. The Morgan fingerprint density at radius 1 is 0.875 bits per heavy atom. The molecule has 0 aliphatic carbocycles. The number of hydrogen-bond donors (Lipinski definition) is 0. The van der Waals surface area contributed by atoms with E-state index in [2.05, 4.69) is 0 Å². The first-order chi connectivity index (χ1) is 11.7. The molecule has 2 aromatic rings. The summed E-state index contributed by atoms with van der Waals surface area (Å²) < 4.78 is 15.3. The quantitative estimate of drug-likeness (QED) is 0.728. The van der Waals surface area contributed by atoms with Crippen LogP contribution in [0.2, 0.25) is 0 Å². The van der Waals surface area contributed by atoms with Crippen molar-refractivity contribution in [1.29, 1.82) is 0 Å². The summed E-state index contributed by atoms with van der Waals surface area (Å²) in [5, 5.41) is 0. The Morgan fingerprint density at radius 3 is 2.25 bits per heavy atom. The van der Waals surface area contributed by atoms with Gasteiger partial charge in [-0.05, 0) is 37.1 Å². The SMILES string of the molecule is CCOC(=O)COc1ccc(-c2ccccc2)cc1C(=O)OCC. The minimum atomic E-state index is -0.492. The molecule has 0 aromatic heterocycles. The molecule has 0 radical (unpaired) electrons. The molecular formula is C19H20O5. The maximum Gasteiger partial charge on any atom is 0.344 e. The van der Waals surface area contributed by atoms with Crippen molar-refractivity contribution in [2.45, 2.75) is 13.8 Å². The molecule has 0 N–H and O–H groups in total. The lowest BCUT2D eigenvalue weighted by molar-refractivity contribution is -0.145. The summed E-state index contributed by atoms with van der Waals surface area (Å²) in [5.41, 5.74) is 2.12. The molecule has 0 spiro atoms. The van der Waals surface area contributed by atoms with Crippen LogP contribution in [0, 0.1) is 0 Å². The maximum absolute atomic E-state index is 12.2. The smallest absolute Gasteiger partial charge is 0.344 e. The third kappa shape index (κ3) is 4.59. The molecule has 0 atom stereocenters. The molecule has 2 rings (SSSR count). The summed E-state index contributed by atoms with van der Waals surface area (Å²) in [6, 6.07) is 14.9. The normalized spacial score (nSPS) is 10.1. The predicted octanol–water partition coefficient (Wildman–Crippen LogP) is 3.47. The second kappa shape index (κ2) is 8.72. The molecule has 0 heterocycles. The van der Waals surface area contributed by atoms with Gasteiger partial charge in [0.15, 0.2) is 6.61 Å². The van der Waals surface area contributed by atoms with E-state index in [-0.39, 0.29) is 25.4 Å². The van der Waals surface area contributed by atoms with Crippen molar-refractivity contribution in [1.82, 2.24) is 0 Å². The number of carbonyl (C=O) groups excluding carboxylic acids is 2. The van der Waals surface area contributed by atoms with Crippen molar-refractivity contribution in [3.05, 3.63) is 54.1 Å². The fourth-order valence-corrected chi connectivity index (χ4v) is 2.17. The van der Waals surface area contributed by atoms with Crippen molar-refractivity contribution in [2.24, 2.45) is 0 Å². The lowest BCUT2D eigenvalue weighted by Gasteiger charge is -2.12. The molecule has 0 amide bonds. The standard InChI is InChI=1S/C19H20O5/c1-3-22-18(20)13-24-17-11-10-15(14-8-6-5-7-9-14)12-16(17)19(21)23-4-2/h5-12H,3-4,13H2,1-2H3. The molecule has 24 heavy (non-hydrogen) atoms. The van der Waals surface area contributed by atoms with Crippen LogP contribution in [0.25, 0.3) is 11.1 Å². The first kappa shape index (κ1) is 17.5. The van der Waals surface area contributed by atoms with E-state index in [0.717, 1.165) is 11.1 Å². The van der Waals surface area contributed by atoms with Crippen LogP contribution in [-0.4, -0.2) is 31.8 Å². The van der Waals surface area contributed by atoms with E-state index < -0.39 is 11.9 Å². The first-order valence-electron chi connectivity index (χ1n) is 7.80. The van der Waals surface area contributed by atoms with E-state index in [4.69, 9.17) is 14.2 Å². The van der Waals surface area contributed by atoms with Gasteiger partial charge in [-0.1, -0.05) is 36.4 Å². The van der Waals surface area contributed by atoms with Gasteiger partial charge in [-0.2, -0.15) is 0 Å². The van der Waals surface area contributed by atoms with E-state index in [1.54, 1.807) is 26.0 Å². The first-order valence-corrected chi connectivity index (χ1v) is 7.80. The fourth-order valence-electron chi connectivity index (χ4n) is 2.17. The molecule has 0 bridgehead atoms. The van der Waals surface area contributed by atoms with Gasteiger partial charge in [0.25, 0.3) is 0 Å². The summed E-state index contributed by atoms with van der Waals surface area (Å²) in [7, 11) is 0. The van der Waals surface area contributed by atoms with Gasteiger partial charge < -0.3 is 14.2 Å². The van der Waals surface area contributed by atoms with Gasteiger partial charge in [0.05, 0.1) is 13.2 Å². The molecule has 5 heteroatoms. The van der Waals surface area contributed by atoms with Crippen LogP contribution in [0.1, 0.15) is 24.2 Å². The molecule has 2 aromatic carbocycles. The highest BCUT2D eigenvalue weighted by atomic mass is 16.6. The van der Waals surface area contributed by atoms with Gasteiger partial charge in [-0.15, -0.1) is 0 Å². The summed E-state index contributed by atoms with van der Waals surface area (Å²) >= 11 is 0. The number of ether oxygens (including phenoxy) is 3. The third-order valence-corrected chi connectivity index (χ3v) is 3.23. The van der Waals surface area contributed by atoms with Crippen molar-refractivity contribution in [2.75, 3.05) is 19.8 Å². The van der Waals surface area contributed by atoms with Crippen LogP contribution in [0.4, 0.5) is 0 Å². The van der Waals surface area contributed by atoms with Crippen LogP contribution >= 0.6 is 0 Å². The monoisotopic (exact) mass is 328 g/mol. The molecule has 5 nitrogen and oxygen atoms in total. The summed E-state index contributed by atoms with van der Waals surface area (Å²) in [5.74, 6) is -0.685. The van der Waals surface area contributed by atoms with Gasteiger partial charge in [0.1, 0.15) is 11.3 Å². The van der Waals surface area contributed by atoms with Gasteiger partial charge in [0.2, 0.25) is 0 Å². The largest absolute Gasteiger partial charge is 0.481 e. The molecule has 0 aliphatic heterocycles. The Kier molecular flexibility index (Phi) is 6.37. The van der Waals surface area contributed by atoms with Crippen molar-refractivity contribution < 1.29 is 23.8 Å². The van der Waals surface area contributed by atoms with Crippen LogP contribution in [-0.2, 0) is 14.3 Å². The topological polar surface area (TPSA) is 61.8 Å². The second-order valence-corrected chi connectivity index (χ2v) is 4.89. The predicted molar refractivity (Wildman–Crippen MR) is 90.0 cm³/mol. The fraction of sp³-hybridized carbons (Fsp3) is 0.263. The minimum absolute atomic E-state index is 0.256. The number of hydrogen-bond acceptors (Lipinski definition) is 5. The number of carbonyl (C=O) groups is 2. The number of rotatable bonds is 7. The van der Waals surface area contributed by atoms with Crippen molar-refractivity contribution in [3.63, 3.8) is 0 Å². The summed E-state index contributed by atoms with van der Waals surface area (Å²) in [6.07, 6.45) is 0. The average Bonchev–Trinajstić information content (AvgIpc) is 2.61. The Labute approximate surface area is 141 Å². The van der Waals surface area contributed by atoms with Crippen molar-refractivity contribution >= 4 is 11.9 Å². The average molecular weight is 328 g/mol. The van der Waals surface area contributed by atoms with E-state index in [9.17, 15) is 9.59 Å². The van der Waals surface area contributed by atoms with Crippen LogP contribution < -0.4 is 4.74 Å². The maximum atomic E-state index is 12.2. The zero-order valence-electron chi connectivity index (χ0n) is 13.8. The Bertz CT molecular complexity index is 694. The molecule has 0 aliphatic rings. The molecule has 0 unspecified atom stereocenters. The summed E-state index contributed by atoms with van der Waals surface area (Å²) in [6.45, 7) is 3.73. The van der Waals surface area contributed by atoms with Crippen LogP contribution in [0.3, 0.4) is 0 Å². The number of esters is 2. The highest BCUT2D eigenvalue weighted by molar-refractivity contribution is 5.94. The molecule has 0 saturated carbocycles. The minimum Gasteiger partial charge on any atom is -0.481 e. The molecule has 126 valence electrons. The molecule has 0 fully saturated rings. The van der Waals surface area contributed by atoms with E-state index in [0.29, 0.717) is 5.75 Å². The highest BCUT2D eigenvalue weighted by Gasteiger charge is 2.16. The third-order valence-electron chi connectivity index (χ3n) is 3.23. The Balaban J connectivity index is 2.29. The van der Waals surface area contributed by atoms with E-state index >= 15 is 0 Å². The van der Waals surface area contributed by atoms with Gasteiger partial charge in [-0.25, -0.2) is 9.59 Å². The van der Waals surface area contributed by atoms with E-state index in [1.165, 1.54) is 0 Å². The zero-order valence-corrected chi connectivity index (χ0v) is 13.8.